The van der Waals surface area contributed by atoms with Crippen LogP contribution in [0.15, 0.2) is 18.2 Å². The van der Waals surface area contributed by atoms with Crippen molar-refractivity contribution in [1.82, 2.24) is 5.32 Å². The molecule has 0 radical (unpaired) electrons. The fraction of sp³-hybridized carbons (Fsp3) is 0.273. The van der Waals surface area contributed by atoms with E-state index in [0.717, 1.165) is 18.2 Å². The molecule has 19 heavy (non-hydrogen) atoms. The van der Waals surface area contributed by atoms with Crippen LogP contribution in [0.3, 0.4) is 0 Å². The van der Waals surface area contributed by atoms with Crippen molar-refractivity contribution in [2.24, 2.45) is 0 Å². The third-order valence-corrected chi connectivity index (χ3v) is 2.37. The van der Waals surface area contributed by atoms with Gasteiger partial charge in [0.15, 0.2) is 0 Å². The van der Waals surface area contributed by atoms with E-state index in [1.807, 2.05) is 0 Å². The van der Waals surface area contributed by atoms with Gasteiger partial charge in [0.2, 0.25) is 5.82 Å². The first-order chi connectivity index (χ1) is 8.65. The number of rotatable bonds is 4. The van der Waals surface area contributed by atoms with Gasteiger partial charge in [-0.15, -0.1) is 0 Å². The van der Waals surface area contributed by atoms with E-state index < -0.39 is 33.8 Å². The number of nitrogens with one attached hydrogen (secondary N) is 1. The average Bonchev–Trinajstić information content (AvgIpc) is 2.28. The molecule has 0 heterocycles. The number of carboxylic acid groups (broad SMARTS) is 1. The first-order valence-electron chi connectivity index (χ1n) is 5.15. The summed E-state index contributed by atoms with van der Waals surface area (Å²) in [6.45, 7) is 2.51. The molecule has 1 amide bonds. The molecule has 0 saturated heterocycles. The van der Waals surface area contributed by atoms with E-state index in [1.165, 1.54) is 13.8 Å². The Balaban J connectivity index is 3.05. The zero-order valence-electron chi connectivity index (χ0n) is 10.1. The van der Waals surface area contributed by atoms with Crippen LogP contribution in [-0.4, -0.2) is 27.4 Å². The molecule has 102 valence electrons. The van der Waals surface area contributed by atoms with Crippen LogP contribution in [0.2, 0.25) is 0 Å². The lowest BCUT2D eigenvalue weighted by Gasteiger charge is -2.20. The van der Waals surface area contributed by atoms with Crippen LogP contribution in [0.5, 0.6) is 0 Å². The highest BCUT2D eigenvalue weighted by Crippen LogP contribution is 2.19. The Morgan fingerprint density at radius 1 is 1.42 bits per heavy atom. The predicted octanol–water partition coefficient (Wildman–Crippen LogP) is 1.33. The Bertz CT molecular complexity index is 556. The Labute approximate surface area is 107 Å². The van der Waals surface area contributed by atoms with Gasteiger partial charge in [-0.3, -0.25) is 14.9 Å². The van der Waals surface area contributed by atoms with Crippen molar-refractivity contribution in [2.75, 3.05) is 0 Å². The Kier molecular flexibility index (Phi) is 3.83. The summed E-state index contributed by atoms with van der Waals surface area (Å²) in [5.74, 6) is -3.17. The molecule has 1 aromatic carbocycles. The monoisotopic (exact) mass is 270 g/mol. The van der Waals surface area contributed by atoms with E-state index in [1.54, 1.807) is 0 Å². The maximum absolute atomic E-state index is 13.1. The summed E-state index contributed by atoms with van der Waals surface area (Å²) in [5, 5.41) is 21.5. The van der Waals surface area contributed by atoms with Crippen LogP contribution in [0.25, 0.3) is 0 Å². The summed E-state index contributed by atoms with van der Waals surface area (Å²) < 4.78 is 13.1. The van der Waals surface area contributed by atoms with Crippen molar-refractivity contribution in [2.45, 2.75) is 19.4 Å². The number of carboxylic acids is 1. The number of amides is 1. The van der Waals surface area contributed by atoms with Gasteiger partial charge in [0.25, 0.3) is 5.91 Å². The van der Waals surface area contributed by atoms with Gasteiger partial charge in [0, 0.05) is 11.6 Å². The number of benzene rings is 1. The molecule has 0 aliphatic carbocycles. The topological polar surface area (TPSA) is 110 Å². The molecule has 1 rings (SSSR count). The van der Waals surface area contributed by atoms with Gasteiger partial charge < -0.3 is 10.4 Å². The largest absolute Gasteiger partial charge is 0.480 e. The molecule has 0 aliphatic rings. The number of nitro groups is 1. The van der Waals surface area contributed by atoms with Crippen LogP contribution >= 0.6 is 0 Å². The van der Waals surface area contributed by atoms with Gasteiger partial charge in [-0.2, -0.15) is 4.39 Å². The zero-order chi connectivity index (χ0) is 14.8. The third kappa shape index (κ3) is 3.24. The van der Waals surface area contributed by atoms with Gasteiger partial charge >= 0.3 is 11.7 Å². The molecule has 0 spiro atoms. The van der Waals surface area contributed by atoms with E-state index in [9.17, 15) is 24.1 Å². The maximum atomic E-state index is 13.1. The van der Waals surface area contributed by atoms with Crippen LogP contribution < -0.4 is 5.32 Å². The average molecular weight is 270 g/mol. The number of nitro benzene ring substituents is 1. The minimum atomic E-state index is -1.54. The highest BCUT2D eigenvalue weighted by Gasteiger charge is 2.30. The quantitative estimate of drug-likeness (QED) is 0.633. The van der Waals surface area contributed by atoms with Crippen molar-refractivity contribution in [3.05, 3.63) is 39.7 Å². The minimum absolute atomic E-state index is 0.192. The summed E-state index contributed by atoms with van der Waals surface area (Å²) in [7, 11) is 0. The molecule has 7 nitrogen and oxygen atoms in total. The Morgan fingerprint density at radius 3 is 2.47 bits per heavy atom. The van der Waals surface area contributed by atoms with Gasteiger partial charge in [0.05, 0.1) is 4.92 Å². The highest BCUT2D eigenvalue weighted by atomic mass is 19.1. The van der Waals surface area contributed by atoms with Crippen molar-refractivity contribution in [3.63, 3.8) is 0 Å². The normalized spacial score (nSPS) is 10.9. The summed E-state index contributed by atoms with van der Waals surface area (Å²) in [6.07, 6.45) is 0. The SMILES string of the molecule is CC(C)(NC(=O)c1ccc(F)c([N+](=O)[O-])c1)C(=O)O. The van der Waals surface area contributed by atoms with E-state index in [2.05, 4.69) is 5.32 Å². The molecule has 1 aromatic rings. The van der Waals surface area contributed by atoms with Crippen LogP contribution in [-0.2, 0) is 4.79 Å². The fourth-order valence-corrected chi connectivity index (χ4v) is 1.20. The van der Waals surface area contributed by atoms with E-state index in [4.69, 9.17) is 5.11 Å². The molecule has 0 aromatic heterocycles. The Hall–Kier alpha value is -2.51. The van der Waals surface area contributed by atoms with Crippen molar-refractivity contribution in [3.8, 4) is 0 Å². The standard InChI is InChI=1S/C11H11FN2O5/c1-11(2,10(16)17)13-9(15)6-3-4-7(12)8(5-6)14(18)19/h3-5H,1-2H3,(H,13,15)(H,16,17). The molecule has 8 heteroatoms. The van der Waals surface area contributed by atoms with Gasteiger partial charge in [-0.25, -0.2) is 4.79 Å². The van der Waals surface area contributed by atoms with E-state index in [-0.39, 0.29) is 5.56 Å². The number of nitrogens with zero attached hydrogens (tertiary/aromatic N) is 1. The predicted molar refractivity (Wildman–Crippen MR) is 62.2 cm³/mol. The number of carbonyl (C=O) groups excluding carboxylic acids is 1. The first-order valence-corrected chi connectivity index (χ1v) is 5.15. The number of aliphatic carboxylic acids is 1. The fourth-order valence-electron chi connectivity index (χ4n) is 1.20. The van der Waals surface area contributed by atoms with Crippen molar-refractivity contribution in [1.29, 1.82) is 0 Å². The number of hydrogen-bond donors (Lipinski definition) is 2. The van der Waals surface area contributed by atoms with Gasteiger partial charge in [0.1, 0.15) is 5.54 Å². The number of hydrogen-bond acceptors (Lipinski definition) is 4. The molecule has 0 aliphatic heterocycles. The molecular weight excluding hydrogens is 259 g/mol. The second kappa shape index (κ2) is 5.01. The van der Waals surface area contributed by atoms with Crippen LogP contribution in [0.1, 0.15) is 24.2 Å². The molecule has 0 saturated carbocycles. The summed E-state index contributed by atoms with van der Waals surface area (Å²) in [4.78, 5) is 32.1. The third-order valence-electron chi connectivity index (χ3n) is 2.37. The lowest BCUT2D eigenvalue weighted by Crippen LogP contribution is -2.49. The summed E-state index contributed by atoms with van der Waals surface area (Å²) in [6, 6.07) is 2.57. The molecule has 0 bridgehead atoms. The first kappa shape index (κ1) is 14.6. The zero-order valence-corrected chi connectivity index (χ0v) is 10.1. The van der Waals surface area contributed by atoms with Crippen LogP contribution in [0.4, 0.5) is 10.1 Å². The van der Waals surface area contributed by atoms with E-state index in [0.29, 0.717) is 0 Å². The smallest absolute Gasteiger partial charge is 0.328 e. The molecular formula is C11H11FN2O5. The van der Waals surface area contributed by atoms with Gasteiger partial charge in [-0.05, 0) is 26.0 Å². The summed E-state index contributed by atoms with van der Waals surface area (Å²) in [5.41, 5.74) is -2.58. The second-order valence-electron chi connectivity index (χ2n) is 4.31. The lowest BCUT2D eigenvalue weighted by molar-refractivity contribution is -0.387. The molecule has 2 N–H and O–H groups in total. The van der Waals surface area contributed by atoms with Gasteiger partial charge in [-0.1, -0.05) is 0 Å². The van der Waals surface area contributed by atoms with Crippen LogP contribution in [0, 0.1) is 15.9 Å². The lowest BCUT2D eigenvalue weighted by atomic mass is 10.0. The highest BCUT2D eigenvalue weighted by molar-refractivity contribution is 5.98. The van der Waals surface area contributed by atoms with Crippen molar-refractivity contribution < 1.29 is 24.0 Å². The molecule has 0 atom stereocenters. The molecule has 0 unspecified atom stereocenters. The number of carbonyl (C=O) groups is 2. The molecule has 0 fully saturated rings. The Morgan fingerprint density at radius 2 is 2.00 bits per heavy atom. The second-order valence-corrected chi connectivity index (χ2v) is 4.31. The maximum Gasteiger partial charge on any atom is 0.328 e. The van der Waals surface area contributed by atoms with E-state index >= 15 is 0 Å². The number of halogens is 1. The minimum Gasteiger partial charge on any atom is -0.480 e. The van der Waals surface area contributed by atoms with Crippen molar-refractivity contribution >= 4 is 17.6 Å². The summed E-state index contributed by atoms with van der Waals surface area (Å²) >= 11 is 0.